The molecule has 0 radical (unpaired) electrons. The Morgan fingerprint density at radius 2 is 1.80 bits per heavy atom. The molecule has 1 aromatic heterocycles. The van der Waals surface area contributed by atoms with Crippen LogP contribution in [-0.4, -0.2) is 61.1 Å². The van der Waals surface area contributed by atoms with E-state index in [0.29, 0.717) is 35.1 Å². The summed E-state index contributed by atoms with van der Waals surface area (Å²) < 4.78 is 25.5. The third-order valence-corrected chi connectivity index (χ3v) is 6.60. The predicted molar refractivity (Wildman–Crippen MR) is 114 cm³/mol. The number of anilines is 1. The van der Waals surface area contributed by atoms with Crippen molar-refractivity contribution in [2.75, 3.05) is 31.5 Å². The molecule has 0 atom stereocenters. The molecule has 1 aliphatic heterocycles. The number of hydrogen-bond donors (Lipinski definition) is 2. The summed E-state index contributed by atoms with van der Waals surface area (Å²) >= 11 is 5.93. The van der Waals surface area contributed by atoms with E-state index in [-0.39, 0.29) is 17.3 Å². The molecule has 2 aromatic rings. The minimum Gasteiger partial charge on any atom is -0.347 e. The summed E-state index contributed by atoms with van der Waals surface area (Å²) in [6.45, 7) is 6.69. The molecular formula is C19H24ClN5O4S. The van der Waals surface area contributed by atoms with Crippen LogP contribution in [0.2, 0.25) is 5.02 Å². The van der Waals surface area contributed by atoms with Crippen LogP contribution in [0.5, 0.6) is 0 Å². The second kappa shape index (κ2) is 9.15. The summed E-state index contributed by atoms with van der Waals surface area (Å²) in [6.07, 6.45) is 0. The molecule has 0 bridgehead atoms. The minimum atomic E-state index is -3.33. The van der Waals surface area contributed by atoms with Gasteiger partial charge in [-0.2, -0.15) is 5.10 Å². The van der Waals surface area contributed by atoms with Gasteiger partial charge in [-0.05, 0) is 37.4 Å². The van der Waals surface area contributed by atoms with Crippen LogP contribution in [0.1, 0.15) is 25.1 Å². The summed E-state index contributed by atoms with van der Waals surface area (Å²) in [5, 5.41) is 10.0. The number of aromatic nitrogens is 2. The first-order valence-electron chi connectivity index (χ1n) is 9.62. The fourth-order valence-electron chi connectivity index (χ4n) is 3.25. The van der Waals surface area contributed by atoms with Gasteiger partial charge in [-0.1, -0.05) is 25.4 Å². The normalized spacial score (nSPS) is 14.5. The van der Waals surface area contributed by atoms with Crippen LogP contribution in [-0.2, 0) is 30.9 Å². The number of benzene rings is 1. The lowest BCUT2D eigenvalue weighted by molar-refractivity contribution is -0.136. The molecule has 2 heterocycles. The third-order valence-electron chi connectivity index (χ3n) is 4.90. The van der Waals surface area contributed by atoms with Gasteiger partial charge in [0.15, 0.2) is 9.84 Å². The average Bonchev–Trinajstić information content (AvgIpc) is 3.18. The van der Waals surface area contributed by atoms with Crippen LogP contribution in [0.25, 0.3) is 5.69 Å². The Bertz CT molecular complexity index is 1050. The number of nitrogens with zero attached hydrogens (tertiary/aromatic N) is 3. The van der Waals surface area contributed by atoms with Crippen molar-refractivity contribution < 1.29 is 18.0 Å². The Hall–Kier alpha value is -2.43. The van der Waals surface area contributed by atoms with Crippen molar-refractivity contribution in [3.63, 3.8) is 0 Å². The maximum absolute atomic E-state index is 12.5. The van der Waals surface area contributed by atoms with E-state index < -0.39 is 21.7 Å². The van der Waals surface area contributed by atoms with Gasteiger partial charge >= 0.3 is 11.8 Å². The molecule has 2 N–H and O–H groups in total. The molecule has 0 unspecified atom stereocenters. The number of carbonyl (C=O) groups is 2. The summed E-state index contributed by atoms with van der Waals surface area (Å²) in [4.78, 5) is 26.8. The predicted octanol–water partition coefficient (Wildman–Crippen LogP) is 1.35. The van der Waals surface area contributed by atoms with Crippen LogP contribution in [0.4, 0.5) is 5.82 Å². The molecule has 1 aromatic carbocycles. The Labute approximate surface area is 180 Å². The van der Waals surface area contributed by atoms with Crippen LogP contribution < -0.4 is 10.6 Å². The summed E-state index contributed by atoms with van der Waals surface area (Å²) in [5.74, 6) is -1.94. The fraction of sp³-hybridized carbons (Fsp3) is 0.421. The zero-order valence-electron chi connectivity index (χ0n) is 16.8. The number of nitrogens with one attached hydrogen (secondary N) is 2. The van der Waals surface area contributed by atoms with E-state index >= 15 is 0 Å². The van der Waals surface area contributed by atoms with Gasteiger partial charge in [0.2, 0.25) is 0 Å². The van der Waals surface area contributed by atoms with Crippen molar-refractivity contribution >= 4 is 39.1 Å². The highest BCUT2D eigenvalue weighted by Crippen LogP contribution is 2.33. The topological polar surface area (TPSA) is 113 Å². The second-order valence-corrected chi connectivity index (χ2v) is 9.43. The number of halogens is 1. The van der Waals surface area contributed by atoms with E-state index in [4.69, 9.17) is 11.6 Å². The average molecular weight is 454 g/mol. The number of sulfone groups is 1. The number of fused-ring (bicyclic) bond motifs is 1. The summed E-state index contributed by atoms with van der Waals surface area (Å²) in [6, 6.07) is 6.70. The molecule has 9 nitrogen and oxygen atoms in total. The van der Waals surface area contributed by atoms with Gasteiger partial charge in [-0.25, -0.2) is 13.1 Å². The lowest BCUT2D eigenvalue weighted by atomic mass is 10.2. The van der Waals surface area contributed by atoms with Crippen LogP contribution in [0.15, 0.2) is 24.3 Å². The van der Waals surface area contributed by atoms with Crippen molar-refractivity contribution in [3.8, 4) is 5.69 Å². The largest absolute Gasteiger partial charge is 0.347 e. The molecule has 3 rings (SSSR count). The standard InChI is InChI=1S/C19H24ClN5O4S/c1-3-24(4-2)10-9-21-18(26)19(27)22-17-15-11-30(28,29)12-16(15)23-25(17)14-7-5-13(20)6-8-14/h5-8H,3-4,9-12H2,1-2H3,(H,21,26)(H,22,27). The van der Waals surface area contributed by atoms with E-state index in [2.05, 4.69) is 20.6 Å². The van der Waals surface area contributed by atoms with Crippen LogP contribution >= 0.6 is 11.6 Å². The Kier molecular flexibility index (Phi) is 6.79. The second-order valence-electron chi connectivity index (χ2n) is 6.93. The van der Waals surface area contributed by atoms with E-state index in [9.17, 15) is 18.0 Å². The number of hydrogen-bond acceptors (Lipinski definition) is 6. The maximum Gasteiger partial charge on any atom is 0.314 e. The molecule has 162 valence electrons. The maximum atomic E-state index is 12.5. The Morgan fingerprint density at radius 3 is 2.43 bits per heavy atom. The zero-order valence-corrected chi connectivity index (χ0v) is 18.4. The first-order chi connectivity index (χ1) is 14.2. The highest BCUT2D eigenvalue weighted by atomic mass is 35.5. The van der Waals surface area contributed by atoms with Crippen molar-refractivity contribution in [3.05, 3.63) is 40.5 Å². The van der Waals surface area contributed by atoms with Gasteiger partial charge in [0, 0.05) is 23.7 Å². The highest BCUT2D eigenvalue weighted by Gasteiger charge is 2.33. The number of likely N-dealkylation sites (N-methyl/N-ethyl adjacent to an activating group) is 1. The highest BCUT2D eigenvalue weighted by molar-refractivity contribution is 7.90. The lowest BCUT2D eigenvalue weighted by Gasteiger charge is -2.17. The van der Waals surface area contributed by atoms with E-state index in [1.807, 2.05) is 13.8 Å². The van der Waals surface area contributed by atoms with Gasteiger partial charge < -0.3 is 15.5 Å². The van der Waals surface area contributed by atoms with E-state index in [1.54, 1.807) is 24.3 Å². The van der Waals surface area contributed by atoms with Crippen molar-refractivity contribution in [2.24, 2.45) is 0 Å². The zero-order chi connectivity index (χ0) is 21.9. The third kappa shape index (κ3) is 5.00. The summed E-state index contributed by atoms with van der Waals surface area (Å²) in [7, 11) is -3.33. The van der Waals surface area contributed by atoms with Gasteiger partial charge in [0.1, 0.15) is 5.82 Å². The molecule has 2 amide bonds. The van der Waals surface area contributed by atoms with Crippen LogP contribution in [0.3, 0.4) is 0 Å². The number of rotatable bonds is 7. The van der Waals surface area contributed by atoms with Gasteiger partial charge in [0.05, 0.1) is 22.9 Å². The monoisotopic (exact) mass is 453 g/mol. The quantitative estimate of drug-likeness (QED) is 0.612. The SMILES string of the molecule is CCN(CC)CCNC(=O)C(=O)Nc1c2c(nn1-c1ccc(Cl)cc1)CS(=O)(=O)C2. The van der Waals surface area contributed by atoms with Gasteiger partial charge in [0.25, 0.3) is 0 Å². The van der Waals surface area contributed by atoms with Gasteiger partial charge in [-0.3, -0.25) is 9.59 Å². The Balaban J connectivity index is 1.79. The molecule has 0 saturated carbocycles. The summed E-state index contributed by atoms with van der Waals surface area (Å²) in [5.41, 5.74) is 1.35. The van der Waals surface area contributed by atoms with Crippen molar-refractivity contribution in [1.82, 2.24) is 20.0 Å². The molecule has 11 heteroatoms. The minimum absolute atomic E-state index is 0.178. The smallest absolute Gasteiger partial charge is 0.314 e. The first kappa shape index (κ1) is 22.3. The molecule has 0 aliphatic carbocycles. The van der Waals surface area contributed by atoms with Crippen molar-refractivity contribution in [1.29, 1.82) is 0 Å². The molecule has 30 heavy (non-hydrogen) atoms. The molecular weight excluding hydrogens is 430 g/mol. The number of carbonyl (C=O) groups excluding carboxylic acids is 2. The fourth-order valence-corrected chi connectivity index (χ4v) is 4.87. The molecule has 1 aliphatic rings. The van der Waals surface area contributed by atoms with Crippen LogP contribution in [0, 0.1) is 0 Å². The van der Waals surface area contributed by atoms with Crippen molar-refractivity contribution in [2.45, 2.75) is 25.4 Å². The molecule has 0 spiro atoms. The Morgan fingerprint density at radius 1 is 1.13 bits per heavy atom. The lowest BCUT2D eigenvalue weighted by Crippen LogP contribution is -2.40. The van der Waals surface area contributed by atoms with E-state index in [0.717, 1.165) is 13.1 Å². The van der Waals surface area contributed by atoms with Gasteiger partial charge in [-0.15, -0.1) is 0 Å². The molecule has 0 saturated heterocycles. The van der Waals surface area contributed by atoms with E-state index in [1.165, 1.54) is 4.68 Å². The molecule has 0 fully saturated rings. The number of amides is 2. The first-order valence-corrected chi connectivity index (χ1v) is 11.8.